The van der Waals surface area contributed by atoms with Crippen molar-refractivity contribution in [2.75, 3.05) is 11.6 Å². The highest BCUT2D eigenvalue weighted by molar-refractivity contribution is 7.99. The van der Waals surface area contributed by atoms with Gasteiger partial charge in [-0.05, 0) is 31.2 Å². The Hall–Kier alpha value is -0.820. The fraction of sp³-hybridized carbons (Fsp3) is 0.538. The summed E-state index contributed by atoms with van der Waals surface area (Å²) in [7, 11) is -4.58. The van der Waals surface area contributed by atoms with Crippen molar-refractivity contribution in [3.63, 3.8) is 0 Å². The molecule has 0 amide bonds. The average molecular weight is 321 g/mol. The minimum atomic E-state index is -4.58. The Morgan fingerprint density at radius 3 is 2.65 bits per heavy atom. The first kappa shape index (κ1) is 15.6. The van der Waals surface area contributed by atoms with E-state index < -0.39 is 15.6 Å². The largest absolute Gasteiger partial charge is 0.380 e. The highest BCUT2D eigenvalue weighted by Gasteiger charge is 2.31. The first-order valence-electron chi connectivity index (χ1n) is 6.37. The molecule has 0 heterocycles. The zero-order chi connectivity index (χ0) is 14.8. The number of thioether (sulfide) groups is 1. The summed E-state index contributed by atoms with van der Waals surface area (Å²) >= 11 is 1.72. The van der Waals surface area contributed by atoms with Crippen LogP contribution in [-0.4, -0.2) is 31.7 Å². The first-order chi connectivity index (χ1) is 9.46. The maximum atomic E-state index is 12.7. The fourth-order valence-corrected chi connectivity index (χ4v) is 4.33. The molecule has 1 aliphatic rings. The van der Waals surface area contributed by atoms with Crippen LogP contribution >= 0.6 is 11.8 Å². The molecule has 112 valence electrons. The van der Waals surface area contributed by atoms with Crippen LogP contribution in [0.1, 0.15) is 19.3 Å². The number of alkyl halides is 2. The van der Waals surface area contributed by atoms with Gasteiger partial charge in [0.05, 0.1) is 10.6 Å². The summed E-state index contributed by atoms with van der Waals surface area (Å²) in [5, 5.41) is 3.52. The van der Waals surface area contributed by atoms with Gasteiger partial charge in [-0.25, -0.2) is 8.42 Å². The van der Waals surface area contributed by atoms with Crippen LogP contribution in [0.15, 0.2) is 29.2 Å². The summed E-state index contributed by atoms with van der Waals surface area (Å²) in [5.41, 5.74) is 0.277. The summed E-state index contributed by atoms with van der Waals surface area (Å²) in [6, 6.07) is 6.01. The number of benzene rings is 1. The highest BCUT2D eigenvalue weighted by Crippen LogP contribution is 2.33. The standard InChI is InChI=1S/C13H17F2NO2S2/c1-19-11-7-4-6-9(11)16-10-5-2-3-8-12(10)20(17,18)13(14)15/h2-3,5,8-9,11,13,16H,4,6-7H2,1H3. The summed E-state index contributed by atoms with van der Waals surface area (Å²) < 4.78 is 48.8. The van der Waals surface area contributed by atoms with Crippen molar-refractivity contribution < 1.29 is 17.2 Å². The van der Waals surface area contributed by atoms with Crippen LogP contribution in [-0.2, 0) is 9.84 Å². The van der Waals surface area contributed by atoms with Crippen molar-refractivity contribution in [1.29, 1.82) is 0 Å². The molecular weight excluding hydrogens is 304 g/mol. The topological polar surface area (TPSA) is 46.2 Å². The smallest absolute Gasteiger partial charge is 0.341 e. The van der Waals surface area contributed by atoms with Gasteiger partial charge < -0.3 is 5.32 Å². The molecule has 0 bridgehead atoms. The molecule has 1 aliphatic carbocycles. The lowest BCUT2D eigenvalue weighted by molar-refractivity contribution is 0.235. The summed E-state index contributed by atoms with van der Waals surface area (Å²) in [6.45, 7) is 0. The predicted molar refractivity (Wildman–Crippen MR) is 78.2 cm³/mol. The Balaban J connectivity index is 2.29. The SMILES string of the molecule is CSC1CCCC1Nc1ccccc1S(=O)(=O)C(F)F. The van der Waals surface area contributed by atoms with Crippen LogP contribution in [0.25, 0.3) is 0 Å². The van der Waals surface area contributed by atoms with Gasteiger partial charge in [0.15, 0.2) is 0 Å². The molecule has 1 fully saturated rings. The zero-order valence-corrected chi connectivity index (χ0v) is 12.7. The van der Waals surface area contributed by atoms with Crippen molar-refractivity contribution in [3.05, 3.63) is 24.3 Å². The normalized spacial score (nSPS) is 23.2. The molecule has 0 spiro atoms. The van der Waals surface area contributed by atoms with Crippen LogP contribution in [0.3, 0.4) is 0 Å². The van der Waals surface area contributed by atoms with Crippen molar-refractivity contribution in [3.8, 4) is 0 Å². The van der Waals surface area contributed by atoms with Crippen molar-refractivity contribution in [2.24, 2.45) is 0 Å². The van der Waals surface area contributed by atoms with Gasteiger partial charge in [-0.15, -0.1) is 0 Å². The van der Waals surface area contributed by atoms with Crippen LogP contribution in [0.2, 0.25) is 0 Å². The quantitative estimate of drug-likeness (QED) is 0.903. The third kappa shape index (κ3) is 3.09. The Labute approximate surface area is 122 Å². The van der Waals surface area contributed by atoms with Gasteiger partial charge in [-0.1, -0.05) is 18.6 Å². The molecule has 2 unspecified atom stereocenters. The summed E-state index contributed by atoms with van der Waals surface area (Å²) in [5.74, 6) is -3.40. The Bertz CT molecular complexity index is 563. The number of hydrogen-bond acceptors (Lipinski definition) is 4. The lowest BCUT2D eigenvalue weighted by Crippen LogP contribution is -2.27. The van der Waals surface area contributed by atoms with E-state index in [2.05, 4.69) is 5.32 Å². The molecule has 1 N–H and O–H groups in total. The lowest BCUT2D eigenvalue weighted by Gasteiger charge is -2.22. The molecule has 0 aromatic heterocycles. The van der Waals surface area contributed by atoms with E-state index in [4.69, 9.17) is 0 Å². The molecule has 3 nitrogen and oxygen atoms in total. The van der Waals surface area contributed by atoms with E-state index in [0.717, 1.165) is 19.3 Å². The summed E-state index contributed by atoms with van der Waals surface area (Å²) in [6.07, 6.45) is 5.05. The number of anilines is 1. The van der Waals surface area contributed by atoms with E-state index in [1.165, 1.54) is 12.1 Å². The number of sulfone groups is 1. The summed E-state index contributed by atoms with van der Waals surface area (Å²) in [4.78, 5) is -0.318. The zero-order valence-electron chi connectivity index (χ0n) is 11.1. The van der Waals surface area contributed by atoms with E-state index in [9.17, 15) is 17.2 Å². The van der Waals surface area contributed by atoms with Crippen molar-refractivity contribution >= 4 is 27.3 Å². The van der Waals surface area contributed by atoms with Crippen molar-refractivity contribution in [2.45, 2.75) is 41.2 Å². The lowest BCUT2D eigenvalue weighted by atomic mass is 10.2. The van der Waals surface area contributed by atoms with Gasteiger partial charge in [-0.3, -0.25) is 0 Å². The minimum absolute atomic E-state index is 0.124. The van der Waals surface area contributed by atoms with Gasteiger partial charge >= 0.3 is 5.76 Å². The minimum Gasteiger partial charge on any atom is -0.380 e. The second-order valence-corrected chi connectivity index (χ2v) is 7.72. The third-order valence-electron chi connectivity index (χ3n) is 3.52. The van der Waals surface area contributed by atoms with Crippen LogP contribution in [0, 0.1) is 0 Å². The number of rotatable bonds is 5. The Morgan fingerprint density at radius 2 is 2.00 bits per heavy atom. The second kappa shape index (κ2) is 6.30. The first-order valence-corrected chi connectivity index (χ1v) is 9.20. The van der Waals surface area contributed by atoms with E-state index in [1.807, 2.05) is 6.26 Å². The molecule has 0 aliphatic heterocycles. The van der Waals surface area contributed by atoms with Gasteiger partial charge in [0.2, 0.25) is 9.84 Å². The molecule has 1 aromatic rings. The molecular formula is C13H17F2NO2S2. The van der Waals surface area contributed by atoms with Crippen LogP contribution < -0.4 is 5.32 Å². The maximum absolute atomic E-state index is 12.7. The second-order valence-electron chi connectivity index (χ2n) is 4.76. The molecule has 2 atom stereocenters. The molecule has 1 aromatic carbocycles. The Kier molecular flexibility index (Phi) is 4.90. The molecule has 0 saturated heterocycles. The van der Waals surface area contributed by atoms with Gasteiger partial charge in [-0.2, -0.15) is 20.5 Å². The number of nitrogens with one attached hydrogen (secondary N) is 1. The van der Waals surface area contributed by atoms with Gasteiger partial charge in [0.25, 0.3) is 0 Å². The number of halogens is 2. The van der Waals surface area contributed by atoms with Gasteiger partial charge in [0.1, 0.15) is 0 Å². The van der Waals surface area contributed by atoms with Crippen LogP contribution in [0.4, 0.5) is 14.5 Å². The fourth-order valence-electron chi connectivity index (χ4n) is 2.50. The van der Waals surface area contributed by atoms with E-state index in [0.29, 0.717) is 5.25 Å². The van der Waals surface area contributed by atoms with E-state index in [1.54, 1.807) is 23.9 Å². The molecule has 7 heteroatoms. The van der Waals surface area contributed by atoms with Crippen LogP contribution in [0.5, 0.6) is 0 Å². The molecule has 1 saturated carbocycles. The monoisotopic (exact) mass is 321 g/mol. The average Bonchev–Trinajstić information content (AvgIpc) is 2.86. The molecule has 0 radical (unpaired) electrons. The van der Waals surface area contributed by atoms with E-state index in [-0.39, 0.29) is 16.6 Å². The number of hydrogen-bond donors (Lipinski definition) is 1. The van der Waals surface area contributed by atoms with Gasteiger partial charge in [0, 0.05) is 11.3 Å². The van der Waals surface area contributed by atoms with Crippen molar-refractivity contribution in [1.82, 2.24) is 0 Å². The number of para-hydroxylation sites is 1. The molecule has 20 heavy (non-hydrogen) atoms. The maximum Gasteiger partial charge on any atom is 0.341 e. The highest BCUT2D eigenvalue weighted by atomic mass is 32.2. The molecule has 2 rings (SSSR count). The Morgan fingerprint density at radius 1 is 1.30 bits per heavy atom. The third-order valence-corrected chi connectivity index (χ3v) is 6.13. The van der Waals surface area contributed by atoms with E-state index >= 15 is 0 Å². The predicted octanol–water partition coefficient (Wildman–Crippen LogP) is 3.38.